The van der Waals surface area contributed by atoms with Gasteiger partial charge in [0.1, 0.15) is 11.5 Å². The zero-order chi connectivity index (χ0) is 15.9. The molecule has 7 nitrogen and oxygen atoms in total. The Bertz CT molecular complexity index is 548. The highest BCUT2D eigenvalue weighted by Crippen LogP contribution is 2.29. The van der Waals surface area contributed by atoms with Crippen molar-refractivity contribution in [3.63, 3.8) is 0 Å². The van der Waals surface area contributed by atoms with Crippen molar-refractivity contribution >= 4 is 15.9 Å². The highest BCUT2D eigenvalue weighted by molar-refractivity contribution is 7.90. The normalized spacial score (nSPS) is 11.5. The highest BCUT2D eigenvalue weighted by Gasteiger charge is 2.19. The molecule has 1 aromatic carbocycles. The smallest absolute Gasteiger partial charge is 0.301 e. The summed E-state index contributed by atoms with van der Waals surface area (Å²) in [7, 11) is 2.73. The first-order chi connectivity index (χ1) is 9.94. The third kappa shape index (κ3) is 5.07. The molecule has 0 fully saturated rings. The van der Waals surface area contributed by atoms with Crippen LogP contribution in [-0.2, 0) is 10.2 Å². The van der Waals surface area contributed by atoms with Crippen molar-refractivity contribution in [3.05, 3.63) is 18.2 Å². The number of benzene rings is 1. The molecule has 0 unspecified atom stereocenters. The molecular formula is C13H23N3O4S. The minimum Gasteiger partial charge on any atom is -0.497 e. The molecule has 120 valence electrons. The van der Waals surface area contributed by atoms with Crippen LogP contribution >= 0.6 is 0 Å². The molecule has 0 spiro atoms. The number of nitrogens with zero attached hydrogens (tertiary/aromatic N) is 1. The number of anilines is 1. The van der Waals surface area contributed by atoms with Crippen LogP contribution in [0.25, 0.3) is 0 Å². The first-order valence-electron chi connectivity index (χ1n) is 6.55. The molecule has 0 aromatic heterocycles. The zero-order valence-electron chi connectivity index (χ0n) is 12.8. The molecule has 0 atom stereocenters. The van der Waals surface area contributed by atoms with Gasteiger partial charge in [-0.2, -0.15) is 12.7 Å². The molecule has 1 rings (SSSR count). The van der Waals surface area contributed by atoms with Crippen LogP contribution in [0.2, 0.25) is 0 Å². The van der Waals surface area contributed by atoms with E-state index in [1.54, 1.807) is 18.2 Å². The largest absolute Gasteiger partial charge is 0.497 e. The van der Waals surface area contributed by atoms with Crippen LogP contribution in [0.1, 0.15) is 6.42 Å². The van der Waals surface area contributed by atoms with E-state index in [4.69, 9.17) is 9.47 Å². The van der Waals surface area contributed by atoms with E-state index in [9.17, 15) is 8.42 Å². The van der Waals surface area contributed by atoms with Gasteiger partial charge in [0.2, 0.25) is 0 Å². The van der Waals surface area contributed by atoms with Crippen molar-refractivity contribution in [2.45, 2.75) is 6.42 Å². The van der Waals surface area contributed by atoms with Gasteiger partial charge in [-0.25, -0.2) is 0 Å². The summed E-state index contributed by atoms with van der Waals surface area (Å²) < 4.78 is 38.6. The fourth-order valence-electron chi connectivity index (χ4n) is 1.71. The quantitative estimate of drug-likeness (QED) is 0.662. The highest BCUT2D eigenvalue weighted by atomic mass is 32.2. The molecule has 1 aromatic rings. The molecule has 0 amide bonds. The van der Waals surface area contributed by atoms with Gasteiger partial charge in [0.15, 0.2) is 0 Å². The lowest BCUT2D eigenvalue weighted by molar-refractivity contribution is 0.404. The maximum absolute atomic E-state index is 12.3. The predicted octanol–water partition coefficient (Wildman–Crippen LogP) is 0.902. The molecule has 8 heteroatoms. The lowest BCUT2D eigenvalue weighted by Gasteiger charge is -2.19. The SMILES string of the molecule is CNCCCN(C)S(=O)(=O)Nc1cc(OC)ccc1OC. The number of methoxy groups -OCH3 is 2. The second kappa shape index (κ2) is 8.06. The molecule has 21 heavy (non-hydrogen) atoms. The average molecular weight is 317 g/mol. The second-order valence-corrected chi connectivity index (χ2v) is 6.23. The van der Waals surface area contributed by atoms with E-state index in [0.29, 0.717) is 23.7 Å². The first kappa shape index (κ1) is 17.5. The Kier molecular flexibility index (Phi) is 6.73. The van der Waals surface area contributed by atoms with Gasteiger partial charge < -0.3 is 14.8 Å². The number of hydrogen-bond acceptors (Lipinski definition) is 5. The van der Waals surface area contributed by atoms with Gasteiger partial charge in [0, 0.05) is 19.7 Å². The van der Waals surface area contributed by atoms with Crippen molar-refractivity contribution in [2.75, 3.05) is 46.1 Å². The fraction of sp³-hybridized carbons (Fsp3) is 0.538. The van der Waals surface area contributed by atoms with E-state index >= 15 is 0 Å². The van der Waals surface area contributed by atoms with E-state index < -0.39 is 10.2 Å². The summed E-state index contributed by atoms with van der Waals surface area (Å²) in [5, 5.41) is 2.98. The molecule has 0 radical (unpaired) electrons. The van der Waals surface area contributed by atoms with Crippen LogP contribution in [0, 0.1) is 0 Å². The number of hydrogen-bond donors (Lipinski definition) is 2. The Morgan fingerprint density at radius 3 is 2.52 bits per heavy atom. The summed E-state index contributed by atoms with van der Waals surface area (Å²) in [4.78, 5) is 0. The third-order valence-electron chi connectivity index (χ3n) is 2.96. The number of ether oxygens (including phenoxy) is 2. The lowest BCUT2D eigenvalue weighted by Crippen LogP contribution is -2.34. The van der Waals surface area contributed by atoms with Crippen molar-refractivity contribution in [3.8, 4) is 11.5 Å². The van der Waals surface area contributed by atoms with Gasteiger partial charge in [0.05, 0.1) is 19.9 Å². The average Bonchev–Trinajstić information content (AvgIpc) is 2.46. The molecule has 0 heterocycles. The lowest BCUT2D eigenvalue weighted by atomic mass is 10.3. The van der Waals surface area contributed by atoms with Crippen molar-refractivity contribution in [1.29, 1.82) is 0 Å². The Balaban J connectivity index is 2.87. The van der Waals surface area contributed by atoms with E-state index in [1.807, 2.05) is 7.05 Å². The Morgan fingerprint density at radius 2 is 1.95 bits per heavy atom. The van der Waals surface area contributed by atoms with Crippen LogP contribution in [-0.4, -0.2) is 54.1 Å². The minimum atomic E-state index is -3.63. The number of nitrogens with one attached hydrogen (secondary N) is 2. The summed E-state index contributed by atoms with van der Waals surface area (Å²) >= 11 is 0. The van der Waals surface area contributed by atoms with Crippen LogP contribution < -0.4 is 19.5 Å². The third-order valence-corrected chi connectivity index (χ3v) is 4.44. The van der Waals surface area contributed by atoms with E-state index in [1.165, 1.54) is 25.6 Å². The molecular weight excluding hydrogens is 294 g/mol. The molecule has 0 aliphatic heterocycles. The summed E-state index contributed by atoms with van der Waals surface area (Å²) in [6, 6.07) is 4.93. The summed E-state index contributed by atoms with van der Waals surface area (Å²) in [6.07, 6.45) is 0.725. The Labute approximate surface area is 126 Å². The van der Waals surface area contributed by atoms with E-state index in [-0.39, 0.29) is 0 Å². The predicted molar refractivity (Wildman–Crippen MR) is 83.3 cm³/mol. The molecule has 2 N–H and O–H groups in total. The van der Waals surface area contributed by atoms with E-state index in [0.717, 1.165) is 13.0 Å². The minimum absolute atomic E-state index is 0.345. The topological polar surface area (TPSA) is 79.9 Å². The number of rotatable bonds is 9. The van der Waals surface area contributed by atoms with Crippen LogP contribution in [0.4, 0.5) is 5.69 Å². The molecule has 0 saturated heterocycles. The van der Waals surface area contributed by atoms with Gasteiger partial charge in [0.25, 0.3) is 0 Å². The standard InChI is InChI=1S/C13H23N3O4S/c1-14-8-5-9-16(2)21(17,18)15-12-10-11(19-3)6-7-13(12)20-4/h6-7,10,14-15H,5,8-9H2,1-4H3. The molecule has 0 saturated carbocycles. The summed E-state index contributed by atoms with van der Waals surface area (Å²) in [6.45, 7) is 1.17. The Hall–Kier alpha value is -1.51. The fourth-order valence-corrected chi connectivity index (χ4v) is 2.67. The van der Waals surface area contributed by atoms with E-state index in [2.05, 4.69) is 10.0 Å². The van der Waals surface area contributed by atoms with Crippen LogP contribution in [0.5, 0.6) is 11.5 Å². The van der Waals surface area contributed by atoms with Crippen LogP contribution in [0.3, 0.4) is 0 Å². The Morgan fingerprint density at radius 1 is 1.24 bits per heavy atom. The van der Waals surface area contributed by atoms with Gasteiger partial charge in [-0.3, -0.25) is 4.72 Å². The summed E-state index contributed by atoms with van der Waals surface area (Å²) in [5.74, 6) is 0.981. The van der Waals surface area contributed by atoms with Crippen molar-refractivity contribution in [2.24, 2.45) is 0 Å². The maximum atomic E-state index is 12.3. The second-order valence-electron chi connectivity index (χ2n) is 4.45. The summed E-state index contributed by atoms with van der Waals surface area (Å²) in [5.41, 5.74) is 0.345. The van der Waals surface area contributed by atoms with Crippen molar-refractivity contribution in [1.82, 2.24) is 9.62 Å². The van der Waals surface area contributed by atoms with Gasteiger partial charge >= 0.3 is 10.2 Å². The maximum Gasteiger partial charge on any atom is 0.301 e. The van der Waals surface area contributed by atoms with Gasteiger partial charge in [-0.05, 0) is 32.1 Å². The first-order valence-corrected chi connectivity index (χ1v) is 7.99. The van der Waals surface area contributed by atoms with Gasteiger partial charge in [-0.15, -0.1) is 0 Å². The van der Waals surface area contributed by atoms with Crippen molar-refractivity contribution < 1.29 is 17.9 Å². The molecule has 0 bridgehead atoms. The van der Waals surface area contributed by atoms with Crippen LogP contribution in [0.15, 0.2) is 18.2 Å². The monoisotopic (exact) mass is 317 g/mol. The molecule has 0 aliphatic rings. The van der Waals surface area contributed by atoms with Gasteiger partial charge in [-0.1, -0.05) is 0 Å². The molecule has 0 aliphatic carbocycles. The zero-order valence-corrected chi connectivity index (χ0v) is 13.7.